The van der Waals surface area contributed by atoms with Crippen molar-refractivity contribution in [3.63, 3.8) is 0 Å². The van der Waals surface area contributed by atoms with Gasteiger partial charge in [-0.05, 0) is 72.3 Å². The van der Waals surface area contributed by atoms with Crippen LogP contribution in [-0.4, -0.2) is 36.1 Å². The third kappa shape index (κ3) is 5.58. The Morgan fingerprint density at radius 3 is 2.36 bits per heavy atom. The molecular formula is C30H22BrN3O5. The van der Waals surface area contributed by atoms with Crippen LogP contribution in [0.4, 0.5) is 0 Å². The van der Waals surface area contributed by atoms with E-state index in [0.29, 0.717) is 39.4 Å². The average molecular weight is 584 g/mol. The van der Waals surface area contributed by atoms with Gasteiger partial charge in [0.15, 0.2) is 17.3 Å². The van der Waals surface area contributed by atoms with Gasteiger partial charge in [-0.2, -0.15) is 9.78 Å². The Hall–Kier alpha value is -4.76. The molecule has 0 bridgehead atoms. The second-order valence-corrected chi connectivity index (χ2v) is 9.26. The summed E-state index contributed by atoms with van der Waals surface area (Å²) >= 11 is 3.44. The zero-order valence-electron chi connectivity index (χ0n) is 21.0. The largest absolute Gasteiger partial charge is 0.497 e. The van der Waals surface area contributed by atoms with Crippen LogP contribution in [0, 0.1) is 0 Å². The van der Waals surface area contributed by atoms with Gasteiger partial charge in [-0.3, -0.25) is 4.79 Å². The summed E-state index contributed by atoms with van der Waals surface area (Å²) in [5.74, 6) is 1.08. The molecule has 0 atom stereocenters. The van der Waals surface area contributed by atoms with Crippen LogP contribution in [0.5, 0.6) is 17.2 Å². The second kappa shape index (κ2) is 11.3. The molecule has 0 N–H and O–H groups in total. The zero-order valence-corrected chi connectivity index (χ0v) is 22.6. The van der Waals surface area contributed by atoms with Gasteiger partial charge in [-0.15, -0.1) is 0 Å². The Labute approximate surface area is 232 Å². The van der Waals surface area contributed by atoms with Crippen LogP contribution in [0.15, 0.2) is 105 Å². The normalized spacial score (nSPS) is 11.1. The maximum absolute atomic E-state index is 13.4. The molecule has 0 unspecified atom stereocenters. The molecule has 5 aromatic rings. The number of methoxy groups -OCH3 is 2. The van der Waals surface area contributed by atoms with Gasteiger partial charge in [0, 0.05) is 10.0 Å². The molecule has 8 nitrogen and oxygen atoms in total. The molecule has 39 heavy (non-hydrogen) atoms. The minimum absolute atomic E-state index is 0.246. The number of esters is 1. The lowest BCUT2D eigenvalue weighted by Crippen LogP contribution is -2.20. The van der Waals surface area contributed by atoms with Gasteiger partial charge in [-0.25, -0.2) is 9.78 Å². The molecule has 1 heterocycles. The van der Waals surface area contributed by atoms with Crippen molar-refractivity contribution in [2.75, 3.05) is 14.2 Å². The summed E-state index contributed by atoms with van der Waals surface area (Å²) < 4.78 is 18.3. The fourth-order valence-corrected chi connectivity index (χ4v) is 4.14. The number of aromatic nitrogens is 2. The topological polar surface area (TPSA) is 92.0 Å². The minimum atomic E-state index is -0.537. The van der Waals surface area contributed by atoms with Crippen molar-refractivity contribution < 1.29 is 19.0 Å². The molecule has 4 aromatic carbocycles. The first kappa shape index (κ1) is 25.9. The molecule has 0 fully saturated rings. The average Bonchev–Trinajstić information content (AvgIpc) is 2.97. The van der Waals surface area contributed by atoms with Crippen molar-refractivity contribution in [1.82, 2.24) is 9.66 Å². The van der Waals surface area contributed by atoms with E-state index in [2.05, 4.69) is 21.0 Å². The first-order chi connectivity index (χ1) is 19.0. The first-order valence-electron chi connectivity index (χ1n) is 11.8. The van der Waals surface area contributed by atoms with Crippen LogP contribution >= 0.6 is 15.9 Å². The lowest BCUT2D eigenvalue weighted by molar-refractivity contribution is 0.0729. The van der Waals surface area contributed by atoms with Crippen LogP contribution in [-0.2, 0) is 0 Å². The van der Waals surface area contributed by atoms with Gasteiger partial charge < -0.3 is 14.2 Å². The van der Waals surface area contributed by atoms with E-state index in [1.54, 1.807) is 67.8 Å². The van der Waals surface area contributed by atoms with E-state index in [1.807, 2.05) is 30.3 Å². The van der Waals surface area contributed by atoms with E-state index in [4.69, 9.17) is 19.2 Å². The highest BCUT2D eigenvalue weighted by atomic mass is 79.9. The molecule has 0 aliphatic heterocycles. The van der Waals surface area contributed by atoms with Crippen LogP contribution < -0.4 is 19.8 Å². The number of hydrogen-bond acceptors (Lipinski definition) is 7. The molecule has 0 saturated heterocycles. The molecule has 0 radical (unpaired) electrons. The Morgan fingerprint density at radius 2 is 1.64 bits per heavy atom. The second-order valence-electron chi connectivity index (χ2n) is 8.35. The van der Waals surface area contributed by atoms with Crippen LogP contribution in [0.25, 0.3) is 22.3 Å². The molecule has 1 aromatic heterocycles. The monoisotopic (exact) mass is 583 g/mol. The number of benzene rings is 4. The lowest BCUT2D eigenvalue weighted by atomic mass is 10.2. The van der Waals surface area contributed by atoms with E-state index in [0.717, 1.165) is 10.0 Å². The summed E-state index contributed by atoms with van der Waals surface area (Å²) in [7, 11) is 3.03. The van der Waals surface area contributed by atoms with E-state index < -0.39 is 5.97 Å². The summed E-state index contributed by atoms with van der Waals surface area (Å²) in [5.41, 5.74) is 2.00. The Bertz CT molecular complexity index is 1750. The maximum atomic E-state index is 13.4. The summed E-state index contributed by atoms with van der Waals surface area (Å²) in [5, 5.41) is 4.94. The highest BCUT2D eigenvalue weighted by Crippen LogP contribution is 2.29. The smallest absolute Gasteiger partial charge is 0.343 e. The molecule has 9 heteroatoms. The third-order valence-electron chi connectivity index (χ3n) is 5.89. The van der Waals surface area contributed by atoms with Gasteiger partial charge in [0.05, 0.1) is 36.9 Å². The number of hydrogen-bond donors (Lipinski definition) is 0. The Balaban J connectivity index is 1.48. The zero-order chi connectivity index (χ0) is 27.4. The molecular weight excluding hydrogens is 562 g/mol. The maximum Gasteiger partial charge on any atom is 0.343 e. The van der Waals surface area contributed by atoms with E-state index >= 15 is 0 Å². The van der Waals surface area contributed by atoms with E-state index in [1.165, 1.54) is 18.0 Å². The van der Waals surface area contributed by atoms with Crippen molar-refractivity contribution in [3.05, 3.63) is 117 Å². The summed E-state index contributed by atoms with van der Waals surface area (Å²) in [6, 6.07) is 26.2. The van der Waals surface area contributed by atoms with E-state index in [-0.39, 0.29) is 11.3 Å². The van der Waals surface area contributed by atoms with Crippen molar-refractivity contribution in [2.24, 2.45) is 5.10 Å². The number of halogens is 1. The molecule has 0 amide bonds. The van der Waals surface area contributed by atoms with Gasteiger partial charge in [0.1, 0.15) is 5.75 Å². The van der Waals surface area contributed by atoms with Gasteiger partial charge in [-0.1, -0.05) is 40.2 Å². The molecule has 194 valence electrons. The predicted octanol–water partition coefficient (Wildman–Crippen LogP) is 5.94. The summed E-state index contributed by atoms with van der Waals surface area (Å²) in [6.07, 6.45) is 1.53. The van der Waals surface area contributed by atoms with Crippen LogP contribution in [0.3, 0.4) is 0 Å². The molecule has 0 saturated carbocycles. The highest BCUT2D eigenvalue weighted by molar-refractivity contribution is 9.10. The Kier molecular flexibility index (Phi) is 7.51. The standard InChI is InChI=1S/C30H22BrN3O5/c1-37-23-14-10-21(11-15-23)30(36)39-26-16-7-19(17-27(26)38-2)18-32-34-28(20-8-12-22(31)13-9-20)33-25-6-4-3-5-24(25)29(34)35/h3-18H,1-2H3. The van der Waals surface area contributed by atoms with Gasteiger partial charge in [0.2, 0.25) is 0 Å². The molecule has 0 spiro atoms. The predicted molar refractivity (Wildman–Crippen MR) is 153 cm³/mol. The number of fused-ring (bicyclic) bond motifs is 1. The Morgan fingerprint density at radius 1 is 0.897 bits per heavy atom. The lowest BCUT2D eigenvalue weighted by Gasteiger charge is -2.11. The molecule has 0 aliphatic rings. The van der Waals surface area contributed by atoms with Gasteiger partial charge in [0.25, 0.3) is 5.56 Å². The summed E-state index contributed by atoms with van der Waals surface area (Å²) in [4.78, 5) is 30.7. The fourth-order valence-electron chi connectivity index (χ4n) is 3.88. The van der Waals surface area contributed by atoms with Crippen LogP contribution in [0.1, 0.15) is 15.9 Å². The van der Waals surface area contributed by atoms with Crippen LogP contribution in [0.2, 0.25) is 0 Å². The molecule has 0 aliphatic carbocycles. The summed E-state index contributed by atoms with van der Waals surface area (Å²) in [6.45, 7) is 0. The number of nitrogens with zero attached hydrogens (tertiary/aromatic N) is 3. The minimum Gasteiger partial charge on any atom is -0.497 e. The fraction of sp³-hybridized carbons (Fsp3) is 0.0667. The molecule has 5 rings (SSSR count). The highest BCUT2D eigenvalue weighted by Gasteiger charge is 2.15. The first-order valence-corrected chi connectivity index (χ1v) is 12.6. The number of rotatable bonds is 7. The van der Waals surface area contributed by atoms with Crippen molar-refractivity contribution in [2.45, 2.75) is 0 Å². The number of ether oxygens (including phenoxy) is 3. The quantitative estimate of drug-likeness (QED) is 0.134. The van der Waals surface area contributed by atoms with Gasteiger partial charge >= 0.3 is 5.97 Å². The number of para-hydroxylation sites is 1. The van der Waals surface area contributed by atoms with Crippen molar-refractivity contribution >= 4 is 39.0 Å². The van der Waals surface area contributed by atoms with E-state index in [9.17, 15) is 9.59 Å². The van der Waals surface area contributed by atoms with Crippen molar-refractivity contribution in [1.29, 1.82) is 0 Å². The van der Waals surface area contributed by atoms with Crippen molar-refractivity contribution in [3.8, 4) is 28.6 Å². The SMILES string of the molecule is COc1ccc(C(=O)Oc2ccc(C=Nn3c(-c4ccc(Br)cc4)nc4ccccc4c3=O)cc2OC)cc1. The number of carbonyl (C=O) groups is 1. The number of carbonyl (C=O) groups excluding carboxylic acids is 1. The third-order valence-corrected chi connectivity index (χ3v) is 6.42.